The van der Waals surface area contributed by atoms with Gasteiger partial charge in [-0.05, 0) is 36.6 Å². The summed E-state index contributed by atoms with van der Waals surface area (Å²) < 4.78 is 0. The second-order valence-electron chi connectivity index (χ2n) is 7.46. The fraction of sp³-hybridized carbons (Fsp3) is 0.409. The Morgan fingerprint density at radius 3 is 2.39 bits per heavy atom. The van der Waals surface area contributed by atoms with Crippen molar-refractivity contribution in [3.63, 3.8) is 0 Å². The zero-order valence-electron chi connectivity index (χ0n) is 16.5. The Kier molecular flexibility index (Phi) is 6.69. The first-order chi connectivity index (χ1) is 13.2. The van der Waals surface area contributed by atoms with Gasteiger partial charge in [0, 0.05) is 45.2 Å². The number of nitrogens with zero attached hydrogens (tertiary/aromatic N) is 3. The summed E-state index contributed by atoms with van der Waals surface area (Å²) in [7, 11) is 1.86. The largest absolute Gasteiger partial charge is 0.506 e. The minimum atomic E-state index is 0. The van der Waals surface area contributed by atoms with E-state index in [1.54, 1.807) is 6.07 Å². The summed E-state index contributed by atoms with van der Waals surface area (Å²) in [5.41, 5.74) is 3.75. The minimum absolute atomic E-state index is 0. The number of nitrogens with one attached hydrogen (secondary N) is 1. The van der Waals surface area contributed by atoms with E-state index in [2.05, 4.69) is 51.3 Å². The maximum Gasteiger partial charge on any atom is 0.194 e. The molecule has 2 aromatic carbocycles. The maximum atomic E-state index is 10.1. The molecule has 2 fully saturated rings. The second-order valence-corrected chi connectivity index (χ2v) is 7.46. The van der Waals surface area contributed by atoms with Crippen LogP contribution in [-0.2, 0) is 0 Å². The van der Waals surface area contributed by atoms with Crippen LogP contribution >= 0.6 is 24.0 Å². The number of hydrogen-bond acceptors (Lipinski definition) is 3. The van der Waals surface area contributed by atoms with E-state index in [1.807, 2.05) is 25.2 Å². The fourth-order valence-corrected chi connectivity index (χ4v) is 4.05. The lowest BCUT2D eigenvalue weighted by atomic mass is 10.0. The Morgan fingerprint density at radius 2 is 1.71 bits per heavy atom. The van der Waals surface area contributed by atoms with Gasteiger partial charge in [0.25, 0.3) is 0 Å². The van der Waals surface area contributed by atoms with Gasteiger partial charge < -0.3 is 20.2 Å². The van der Waals surface area contributed by atoms with Gasteiger partial charge in [0.2, 0.25) is 0 Å². The predicted molar refractivity (Wildman–Crippen MR) is 126 cm³/mol. The van der Waals surface area contributed by atoms with E-state index in [1.165, 1.54) is 17.5 Å². The third-order valence-electron chi connectivity index (χ3n) is 5.71. The Morgan fingerprint density at radius 1 is 1.04 bits per heavy atom. The lowest BCUT2D eigenvalue weighted by Gasteiger charge is -2.38. The van der Waals surface area contributed by atoms with Crippen LogP contribution in [0.25, 0.3) is 0 Å². The van der Waals surface area contributed by atoms with E-state index in [0.29, 0.717) is 17.7 Å². The molecule has 2 aliphatic rings. The highest BCUT2D eigenvalue weighted by molar-refractivity contribution is 14.0. The molecule has 2 unspecified atom stereocenters. The summed E-state index contributed by atoms with van der Waals surface area (Å²) in [6.45, 7) is 5.75. The van der Waals surface area contributed by atoms with Crippen molar-refractivity contribution in [2.24, 2.45) is 4.99 Å². The van der Waals surface area contributed by atoms with Gasteiger partial charge in [-0.15, -0.1) is 24.0 Å². The molecule has 1 aliphatic carbocycles. The molecule has 0 radical (unpaired) electrons. The molecule has 4 rings (SSSR count). The van der Waals surface area contributed by atoms with Crippen LogP contribution in [0.15, 0.2) is 53.5 Å². The molecule has 2 atom stereocenters. The van der Waals surface area contributed by atoms with Gasteiger partial charge in [0.05, 0.1) is 5.69 Å². The van der Waals surface area contributed by atoms with Crippen molar-refractivity contribution < 1.29 is 5.11 Å². The van der Waals surface area contributed by atoms with Crippen LogP contribution in [0.2, 0.25) is 0 Å². The number of anilines is 1. The van der Waals surface area contributed by atoms with Crippen LogP contribution in [0.5, 0.6) is 5.75 Å². The molecule has 150 valence electrons. The smallest absolute Gasteiger partial charge is 0.194 e. The first-order valence-corrected chi connectivity index (χ1v) is 9.74. The lowest BCUT2D eigenvalue weighted by molar-refractivity contribution is 0.369. The highest BCUT2D eigenvalue weighted by atomic mass is 127. The van der Waals surface area contributed by atoms with E-state index in [9.17, 15) is 5.11 Å². The number of phenolic OH excluding ortho intramolecular Hbond substituents is 1. The topological polar surface area (TPSA) is 51.1 Å². The number of aromatic hydroxyl groups is 1. The number of halogens is 1. The van der Waals surface area contributed by atoms with Crippen LogP contribution in [0.3, 0.4) is 0 Å². The van der Waals surface area contributed by atoms with Gasteiger partial charge in [-0.2, -0.15) is 0 Å². The average Bonchev–Trinajstić information content (AvgIpc) is 3.46. The summed E-state index contributed by atoms with van der Waals surface area (Å²) in [5, 5.41) is 13.7. The van der Waals surface area contributed by atoms with Gasteiger partial charge >= 0.3 is 0 Å². The Labute approximate surface area is 184 Å². The number of phenols is 1. The van der Waals surface area contributed by atoms with Gasteiger partial charge in [-0.3, -0.25) is 4.99 Å². The van der Waals surface area contributed by atoms with Crippen molar-refractivity contribution in [1.82, 2.24) is 10.2 Å². The fourth-order valence-electron chi connectivity index (χ4n) is 4.05. The molecule has 2 aromatic rings. The number of para-hydroxylation sites is 2. The van der Waals surface area contributed by atoms with Crippen LogP contribution in [0, 0.1) is 6.92 Å². The molecule has 2 N–H and O–H groups in total. The highest BCUT2D eigenvalue weighted by Crippen LogP contribution is 2.42. The number of guanidine groups is 1. The van der Waals surface area contributed by atoms with Crippen molar-refractivity contribution in [2.45, 2.75) is 25.3 Å². The third kappa shape index (κ3) is 4.37. The van der Waals surface area contributed by atoms with E-state index >= 15 is 0 Å². The van der Waals surface area contributed by atoms with Crippen molar-refractivity contribution in [3.05, 3.63) is 59.7 Å². The van der Waals surface area contributed by atoms with Gasteiger partial charge in [0.1, 0.15) is 5.75 Å². The summed E-state index contributed by atoms with van der Waals surface area (Å²) in [5.74, 6) is 1.94. The molecule has 0 amide bonds. The van der Waals surface area contributed by atoms with Crippen molar-refractivity contribution in [2.75, 3.05) is 38.1 Å². The zero-order chi connectivity index (χ0) is 18.8. The number of aryl methyl sites for hydroxylation is 1. The number of piperazine rings is 1. The summed E-state index contributed by atoms with van der Waals surface area (Å²) in [4.78, 5) is 9.09. The standard InChI is InChI=1S/C22H28N4O.HI/c1-16-7-3-4-8-17(16)18-15-19(18)24-22(23-2)26-13-11-25(12-14-26)20-9-5-6-10-21(20)27;/h3-10,18-19,27H,11-15H2,1-2H3,(H,23,24);1H. The number of hydrogen-bond donors (Lipinski definition) is 2. The summed E-state index contributed by atoms with van der Waals surface area (Å²) >= 11 is 0. The van der Waals surface area contributed by atoms with E-state index in [0.717, 1.165) is 37.8 Å². The molecule has 0 aromatic heterocycles. The summed E-state index contributed by atoms with van der Waals surface area (Å²) in [6.07, 6.45) is 1.17. The van der Waals surface area contributed by atoms with E-state index in [-0.39, 0.29) is 24.0 Å². The van der Waals surface area contributed by atoms with Gasteiger partial charge in [-0.25, -0.2) is 0 Å². The van der Waals surface area contributed by atoms with Crippen LogP contribution in [-0.4, -0.2) is 55.2 Å². The van der Waals surface area contributed by atoms with Crippen LogP contribution in [0.4, 0.5) is 5.69 Å². The molecular weight excluding hydrogens is 463 g/mol. The molecule has 1 saturated carbocycles. The minimum Gasteiger partial charge on any atom is -0.506 e. The molecule has 28 heavy (non-hydrogen) atoms. The molecule has 0 bridgehead atoms. The number of aliphatic imine (C=N–C) groups is 1. The first kappa shape index (κ1) is 20.8. The molecule has 1 heterocycles. The van der Waals surface area contributed by atoms with Gasteiger partial charge in [0.15, 0.2) is 5.96 Å². The van der Waals surface area contributed by atoms with E-state index < -0.39 is 0 Å². The molecule has 1 saturated heterocycles. The second kappa shape index (κ2) is 9.03. The number of rotatable bonds is 3. The Hall–Kier alpha value is -1.96. The SMILES string of the molecule is CN=C(NC1CC1c1ccccc1C)N1CCN(c2ccccc2O)CC1.I. The normalized spacial score (nSPS) is 21.9. The van der Waals surface area contributed by atoms with Crippen molar-refractivity contribution in [3.8, 4) is 5.75 Å². The monoisotopic (exact) mass is 492 g/mol. The van der Waals surface area contributed by atoms with Crippen LogP contribution < -0.4 is 10.2 Å². The zero-order valence-corrected chi connectivity index (χ0v) is 18.8. The third-order valence-corrected chi connectivity index (χ3v) is 5.71. The Bertz CT molecular complexity index is 833. The quantitative estimate of drug-likeness (QED) is 0.391. The van der Waals surface area contributed by atoms with Crippen LogP contribution in [0.1, 0.15) is 23.5 Å². The molecule has 1 aliphatic heterocycles. The van der Waals surface area contributed by atoms with Crippen molar-refractivity contribution in [1.29, 1.82) is 0 Å². The summed E-state index contributed by atoms with van der Waals surface area (Å²) in [6, 6.07) is 16.7. The van der Waals surface area contributed by atoms with E-state index in [4.69, 9.17) is 0 Å². The average molecular weight is 492 g/mol. The molecular formula is C22H29IN4O. The Balaban J connectivity index is 0.00000225. The molecule has 0 spiro atoms. The number of benzene rings is 2. The highest BCUT2D eigenvalue weighted by Gasteiger charge is 2.40. The molecule has 6 heteroatoms. The van der Waals surface area contributed by atoms with Gasteiger partial charge in [-0.1, -0.05) is 36.4 Å². The predicted octanol–water partition coefficient (Wildman–Crippen LogP) is 3.57. The lowest BCUT2D eigenvalue weighted by Crippen LogP contribution is -2.53. The molecule has 5 nitrogen and oxygen atoms in total. The van der Waals surface area contributed by atoms with Crippen molar-refractivity contribution >= 4 is 35.6 Å². The first-order valence-electron chi connectivity index (χ1n) is 9.74. The maximum absolute atomic E-state index is 10.1.